The summed E-state index contributed by atoms with van der Waals surface area (Å²) in [5, 5.41) is 0. The predicted molar refractivity (Wildman–Crippen MR) is 61.1 cm³/mol. The molecule has 0 N–H and O–H groups in total. The van der Waals surface area contributed by atoms with Crippen molar-refractivity contribution in [2.45, 2.75) is 37.8 Å². The van der Waals surface area contributed by atoms with E-state index in [1.165, 1.54) is 32.4 Å². The number of carbonyl (C=O) groups excluding carboxylic acids is 1. The van der Waals surface area contributed by atoms with E-state index in [0.29, 0.717) is 11.9 Å². The van der Waals surface area contributed by atoms with Crippen molar-refractivity contribution in [1.29, 1.82) is 0 Å². The lowest BCUT2D eigenvalue weighted by molar-refractivity contribution is -0.118. The SMILES string of the molecule is O=CN1CC(N2CCCCC2)CC1CCl. The summed E-state index contributed by atoms with van der Waals surface area (Å²) >= 11 is 5.87. The Hall–Kier alpha value is -0.280. The number of rotatable bonds is 3. The summed E-state index contributed by atoms with van der Waals surface area (Å²) < 4.78 is 0. The monoisotopic (exact) mass is 230 g/mol. The minimum Gasteiger partial charge on any atom is -0.339 e. The molecule has 0 bridgehead atoms. The van der Waals surface area contributed by atoms with Gasteiger partial charge in [-0.05, 0) is 32.4 Å². The highest BCUT2D eigenvalue weighted by Crippen LogP contribution is 2.24. The van der Waals surface area contributed by atoms with Gasteiger partial charge >= 0.3 is 0 Å². The lowest BCUT2D eigenvalue weighted by Crippen LogP contribution is -2.40. The Labute approximate surface area is 96.4 Å². The first kappa shape index (κ1) is 11.2. The smallest absolute Gasteiger partial charge is 0.210 e. The van der Waals surface area contributed by atoms with Crippen LogP contribution in [0.3, 0.4) is 0 Å². The van der Waals surface area contributed by atoms with Crippen LogP contribution in [-0.4, -0.2) is 53.8 Å². The number of hydrogen-bond acceptors (Lipinski definition) is 2. The van der Waals surface area contributed by atoms with E-state index >= 15 is 0 Å². The molecule has 0 spiro atoms. The third kappa shape index (κ3) is 2.45. The minimum atomic E-state index is 0.260. The molecule has 4 heteroatoms. The van der Waals surface area contributed by atoms with E-state index in [2.05, 4.69) is 4.90 Å². The number of hydrogen-bond donors (Lipinski definition) is 0. The zero-order valence-electron chi connectivity index (χ0n) is 9.07. The normalized spacial score (nSPS) is 33.3. The van der Waals surface area contributed by atoms with Gasteiger partial charge in [0.1, 0.15) is 0 Å². The first-order valence-corrected chi connectivity index (χ1v) is 6.39. The quantitative estimate of drug-likeness (QED) is 0.539. The molecule has 2 fully saturated rings. The zero-order chi connectivity index (χ0) is 10.7. The molecule has 0 aromatic rings. The summed E-state index contributed by atoms with van der Waals surface area (Å²) in [6, 6.07) is 0.815. The maximum absolute atomic E-state index is 10.9. The van der Waals surface area contributed by atoms with E-state index in [-0.39, 0.29) is 6.04 Å². The van der Waals surface area contributed by atoms with Crippen molar-refractivity contribution < 1.29 is 4.79 Å². The van der Waals surface area contributed by atoms with Crippen LogP contribution in [0.2, 0.25) is 0 Å². The van der Waals surface area contributed by atoms with E-state index in [9.17, 15) is 4.79 Å². The molecule has 0 radical (unpaired) electrons. The van der Waals surface area contributed by atoms with Gasteiger partial charge in [0.25, 0.3) is 0 Å². The number of amides is 1. The van der Waals surface area contributed by atoms with Gasteiger partial charge in [0.2, 0.25) is 6.41 Å². The van der Waals surface area contributed by atoms with E-state index in [1.54, 1.807) is 0 Å². The van der Waals surface area contributed by atoms with Crippen LogP contribution in [0.5, 0.6) is 0 Å². The first-order chi connectivity index (χ1) is 7.35. The van der Waals surface area contributed by atoms with Crippen LogP contribution in [0.1, 0.15) is 25.7 Å². The highest BCUT2D eigenvalue weighted by Gasteiger charge is 2.34. The molecule has 2 aliphatic heterocycles. The van der Waals surface area contributed by atoms with Crippen LogP contribution in [0.15, 0.2) is 0 Å². The average molecular weight is 231 g/mol. The fraction of sp³-hybridized carbons (Fsp3) is 0.909. The lowest BCUT2D eigenvalue weighted by atomic mass is 10.1. The molecule has 15 heavy (non-hydrogen) atoms. The Morgan fingerprint density at radius 3 is 2.53 bits per heavy atom. The number of likely N-dealkylation sites (tertiary alicyclic amines) is 2. The van der Waals surface area contributed by atoms with Crippen LogP contribution in [0.25, 0.3) is 0 Å². The van der Waals surface area contributed by atoms with Gasteiger partial charge < -0.3 is 4.90 Å². The third-order valence-corrected chi connectivity index (χ3v) is 4.01. The van der Waals surface area contributed by atoms with Crippen LogP contribution < -0.4 is 0 Å². The number of piperidine rings is 1. The van der Waals surface area contributed by atoms with Gasteiger partial charge in [-0.3, -0.25) is 9.69 Å². The van der Waals surface area contributed by atoms with Gasteiger partial charge in [-0.15, -0.1) is 11.6 Å². The molecular formula is C11H19ClN2O. The average Bonchev–Trinajstić information content (AvgIpc) is 2.73. The molecule has 2 unspecified atom stereocenters. The molecule has 2 saturated heterocycles. The molecule has 0 saturated carbocycles. The Balaban J connectivity index is 1.91. The van der Waals surface area contributed by atoms with Crippen LogP contribution in [0.4, 0.5) is 0 Å². The maximum atomic E-state index is 10.9. The molecule has 2 aliphatic rings. The van der Waals surface area contributed by atoms with Gasteiger partial charge in [-0.1, -0.05) is 6.42 Å². The fourth-order valence-corrected chi connectivity index (χ4v) is 3.05. The summed E-state index contributed by atoms with van der Waals surface area (Å²) in [6.45, 7) is 3.28. The highest BCUT2D eigenvalue weighted by molar-refractivity contribution is 6.18. The van der Waals surface area contributed by atoms with E-state index in [4.69, 9.17) is 11.6 Å². The second-order valence-corrected chi connectivity index (χ2v) is 4.91. The number of halogens is 1. The molecular weight excluding hydrogens is 212 g/mol. The Bertz CT molecular complexity index is 219. The summed E-state index contributed by atoms with van der Waals surface area (Å²) in [4.78, 5) is 15.3. The summed E-state index contributed by atoms with van der Waals surface area (Å²) in [5.41, 5.74) is 0. The fourth-order valence-electron chi connectivity index (χ4n) is 2.75. The molecule has 0 aromatic heterocycles. The second kappa shape index (κ2) is 5.17. The van der Waals surface area contributed by atoms with Crippen molar-refractivity contribution in [1.82, 2.24) is 9.80 Å². The van der Waals surface area contributed by atoms with Crippen molar-refractivity contribution in [3.8, 4) is 0 Å². The Morgan fingerprint density at radius 2 is 2.00 bits per heavy atom. The van der Waals surface area contributed by atoms with Gasteiger partial charge in [0, 0.05) is 24.5 Å². The van der Waals surface area contributed by atoms with Gasteiger partial charge in [0.05, 0.1) is 0 Å². The van der Waals surface area contributed by atoms with Gasteiger partial charge in [-0.2, -0.15) is 0 Å². The second-order valence-electron chi connectivity index (χ2n) is 4.60. The third-order valence-electron chi connectivity index (χ3n) is 3.66. The largest absolute Gasteiger partial charge is 0.339 e. The lowest BCUT2D eigenvalue weighted by Gasteiger charge is -2.31. The summed E-state index contributed by atoms with van der Waals surface area (Å²) in [7, 11) is 0. The molecule has 0 aromatic carbocycles. The Kier molecular flexibility index (Phi) is 3.87. The molecule has 1 amide bonds. The van der Waals surface area contributed by atoms with Gasteiger partial charge in [-0.25, -0.2) is 0 Å². The van der Waals surface area contributed by atoms with Crippen molar-refractivity contribution in [3.63, 3.8) is 0 Å². The molecule has 0 aliphatic carbocycles. The first-order valence-electron chi connectivity index (χ1n) is 5.86. The van der Waals surface area contributed by atoms with Crippen molar-refractivity contribution >= 4 is 18.0 Å². The van der Waals surface area contributed by atoms with Crippen LogP contribution in [-0.2, 0) is 4.79 Å². The molecule has 86 valence electrons. The number of carbonyl (C=O) groups is 1. The van der Waals surface area contributed by atoms with Crippen molar-refractivity contribution in [2.75, 3.05) is 25.5 Å². The molecule has 2 atom stereocenters. The molecule has 2 heterocycles. The highest BCUT2D eigenvalue weighted by atomic mass is 35.5. The molecule has 2 rings (SSSR count). The van der Waals surface area contributed by atoms with E-state index in [0.717, 1.165) is 19.4 Å². The maximum Gasteiger partial charge on any atom is 0.210 e. The minimum absolute atomic E-state index is 0.260. The predicted octanol–water partition coefficient (Wildman–Crippen LogP) is 1.31. The van der Waals surface area contributed by atoms with Crippen LogP contribution >= 0.6 is 11.6 Å². The van der Waals surface area contributed by atoms with Crippen LogP contribution in [0, 0.1) is 0 Å². The zero-order valence-corrected chi connectivity index (χ0v) is 9.83. The Morgan fingerprint density at radius 1 is 1.27 bits per heavy atom. The van der Waals surface area contributed by atoms with E-state index < -0.39 is 0 Å². The standard InChI is InChI=1S/C11H19ClN2O/c12-7-10-6-11(8-14(10)9-15)13-4-2-1-3-5-13/h9-11H,1-8H2. The van der Waals surface area contributed by atoms with Crippen molar-refractivity contribution in [3.05, 3.63) is 0 Å². The summed E-state index contributed by atoms with van der Waals surface area (Å²) in [5.74, 6) is 0.573. The topological polar surface area (TPSA) is 23.6 Å². The number of alkyl halides is 1. The van der Waals surface area contributed by atoms with Crippen molar-refractivity contribution in [2.24, 2.45) is 0 Å². The summed E-state index contributed by atoms with van der Waals surface area (Å²) in [6.07, 6.45) is 5.99. The number of nitrogens with zero attached hydrogens (tertiary/aromatic N) is 2. The molecule has 3 nitrogen and oxygen atoms in total. The van der Waals surface area contributed by atoms with E-state index in [1.807, 2.05) is 4.90 Å². The van der Waals surface area contributed by atoms with Gasteiger partial charge in [0.15, 0.2) is 0 Å².